The van der Waals surface area contributed by atoms with Crippen molar-refractivity contribution in [2.45, 2.75) is 83.7 Å². The minimum absolute atomic E-state index is 0.0535. The Morgan fingerprint density at radius 1 is 1.03 bits per heavy atom. The molecule has 4 aliphatic rings. The molecule has 5 nitrogen and oxygen atoms in total. The predicted octanol–water partition coefficient (Wildman–Crippen LogP) is 4.99. The van der Waals surface area contributed by atoms with Gasteiger partial charge in [0.05, 0.1) is 0 Å². The van der Waals surface area contributed by atoms with Crippen LogP contribution in [0.3, 0.4) is 0 Å². The van der Waals surface area contributed by atoms with Gasteiger partial charge in [-0.1, -0.05) is 26.0 Å². The smallest absolute Gasteiger partial charge is 0.159 e. The van der Waals surface area contributed by atoms with E-state index in [1.807, 2.05) is 24.3 Å². The highest BCUT2D eigenvalue weighted by Gasteiger charge is 2.61. The zero-order valence-corrected chi connectivity index (χ0v) is 19.7. The van der Waals surface area contributed by atoms with Crippen molar-refractivity contribution in [3.05, 3.63) is 24.3 Å². The van der Waals surface area contributed by atoms with Crippen LogP contribution < -0.4 is 5.73 Å². The summed E-state index contributed by atoms with van der Waals surface area (Å²) in [6.45, 7) is 5.14. The molecule has 0 aliphatic heterocycles. The maximum Gasteiger partial charge on any atom is 0.159 e. The molecule has 0 radical (unpaired) electrons. The number of hydrogen-bond acceptors (Lipinski definition) is 4. The van der Waals surface area contributed by atoms with Crippen LogP contribution in [0, 0.1) is 40.9 Å². The molecule has 4 fully saturated rings. The monoisotopic (exact) mass is 434 g/mol. The summed E-state index contributed by atoms with van der Waals surface area (Å²) < 4.78 is 0. The van der Waals surface area contributed by atoms with Gasteiger partial charge in [0.2, 0.25) is 0 Å². The standard InChI is InChI=1S/C27H38N4O/c1-17-11-14-27(28)18(15-17)7-8-19-20-9-10-22(26(20,2)13-12-21(19)27)25(32)16-31-29-23-5-3-4-6-24(23)30-31/h3-6,17-22H,7-16,28H2,1-2H3. The first-order chi connectivity index (χ1) is 15.4. The molecule has 0 amide bonds. The zero-order chi connectivity index (χ0) is 22.1. The number of Topliss-reactive ketones (excluding diaryl/α,β-unsaturated/α-hetero) is 1. The van der Waals surface area contributed by atoms with Crippen molar-refractivity contribution in [2.75, 3.05) is 0 Å². The van der Waals surface area contributed by atoms with Gasteiger partial charge in [-0.15, -0.1) is 0 Å². The molecule has 5 heteroatoms. The average molecular weight is 435 g/mol. The van der Waals surface area contributed by atoms with Crippen LogP contribution in [-0.2, 0) is 11.3 Å². The minimum atomic E-state index is 0.0535. The van der Waals surface area contributed by atoms with Crippen molar-refractivity contribution in [1.29, 1.82) is 0 Å². The maximum absolute atomic E-state index is 13.5. The number of benzene rings is 1. The quantitative estimate of drug-likeness (QED) is 0.739. The van der Waals surface area contributed by atoms with Crippen LogP contribution in [0.1, 0.15) is 71.6 Å². The second-order valence-corrected chi connectivity index (χ2v) is 12.0. The molecule has 32 heavy (non-hydrogen) atoms. The van der Waals surface area contributed by atoms with Gasteiger partial charge in [0.1, 0.15) is 17.6 Å². The van der Waals surface area contributed by atoms with Crippen LogP contribution in [0.5, 0.6) is 0 Å². The van der Waals surface area contributed by atoms with Crippen LogP contribution in [0.25, 0.3) is 11.0 Å². The van der Waals surface area contributed by atoms with Crippen molar-refractivity contribution in [2.24, 2.45) is 46.7 Å². The van der Waals surface area contributed by atoms with E-state index in [4.69, 9.17) is 5.73 Å². The fourth-order valence-corrected chi connectivity index (χ4v) is 8.90. The Balaban J connectivity index is 1.21. The Bertz CT molecular complexity index is 999. The number of carbonyl (C=O) groups excluding carboxylic acids is 1. The third kappa shape index (κ3) is 3.03. The van der Waals surface area contributed by atoms with E-state index in [1.54, 1.807) is 4.80 Å². The number of nitrogens with zero attached hydrogens (tertiary/aromatic N) is 3. The van der Waals surface area contributed by atoms with Crippen LogP contribution in [0.15, 0.2) is 24.3 Å². The number of nitrogens with two attached hydrogens (primary N) is 1. The van der Waals surface area contributed by atoms with Gasteiger partial charge in [0, 0.05) is 11.5 Å². The molecule has 1 aromatic heterocycles. The molecule has 6 rings (SSSR count). The third-order valence-electron chi connectivity index (χ3n) is 10.5. The molecule has 1 aromatic carbocycles. The molecule has 8 atom stereocenters. The SMILES string of the molecule is CC1CCC2(N)C(CCC3C4CCC(C(=O)Cn5nc6ccccc6n5)C4(C)CCC32)C1. The minimum Gasteiger partial charge on any atom is -0.325 e. The number of fused-ring (bicyclic) bond motifs is 6. The van der Waals surface area contributed by atoms with Gasteiger partial charge >= 0.3 is 0 Å². The Morgan fingerprint density at radius 3 is 2.53 bits per heavy atom. The summed E-state index contributed by atoms with van der Waals surface area (Å²) in [6, 6.07) is 7.86. The van der Waals surface area contributed by atoms with Gasteiger partial charge in [-0.3, -0.25) is 4.79 Å². The first kappa shape index (κ1) is 20.8. The lowest BCUT2D eigenvalue weighted by Gasteiger charge is -2.60. The van der Waals surface area contributed by atoms with E-state index in [1.165, 1.54) is 44.9 Å². The highest BCUT2D eigenvalue weighted by atomic mass is 16.1. The Kier molecular flexibility index (Phi) is 4.80. The van der Waals surface area contributed by atoms with E-state index >= 15 is 0 Å². The molecule has 8 unspecified atom stereocenters. The molecule has 4 saturated carbocycles. The van der Waals surface area contributed by atoms with Gasteiger partial charge < -0.3 is 5.73 Å². The number of aromatic nitrogens is 3. The first-order valence-corrected chi connectivity index (χ1v) is 13.0. The Morgan fingerprint density at radius 2 is 1.78 bits per heavy atom. The van der Waals surface area contributed by atoms with Gasteiger partial charge in [-0.25, -0.2) is 0 Å². The van der Waals surface area contributed by atoms with Crippen molar-refractivity contribution >= 4 is 16.8 Å². The summed E-state index contributed by atoms with van der Waals surface area (Å²) >= 11 is 0. The van der Waals surface area contributed by atoms with Crippen LogP contribution >= 0.6 is 0 Å². The lowest BCUT2D eigenvalue weighted by molar-refractivity contribution is -0.132. The second kappa shape index (κ2) is 7.38. The van der Waals surface area contributed by atoms with E-state index in [9.17, 15) is 4.79 Å². The summed E-state index contributed by atoms with van der Waals surface area (Å²) in [7, 11) is 0. The molecule has 0 saturated heterocycles. The average Bonchev–Trinajstić information content (AvgIpc) is 3.34. The maximum atomic E-state index is 13.5. The number of carbonyl (C=O) groups is 1. The fraction of sp³-hybridized carbons (Fsp3) is 0.741. The highest BCUT2D eigenvalue weighted by molar-refractivity contribution is 5.82. The highest BCUT2D eigenvalue weighted by Crippen LogP contribution is 2.65. The molecule has 2 N–H and O–H groups in total. The van der Waals surface area contributed by atoms with Gasteiger partial charge in [-0.2, -0.15) is 15.0 Å². The second-order valence-electron chi connectivity index (χ2n) is 12.0. The summed E-state index contributed by atoms with van der Waals surface area (Å²) in [6.07, 6.45) is 11.1. The fourth-order valence-electron chi connectivity index (χ4n) is 8.90. The number of ketones is 1. The Hall–Kier alpha value is -1.75. The first-order valence-electron chi connectivity index (χ1n) is 13.0. The van der Waals surface area contributed by atoms with E-state index in [0.29, 0.717) is 30.1 Å². The molecule has 4 aliphatic carbocycles. The van der Waals surface area contributed by atoms with Gasteiger partial charge in [0.15, 0.2) is 5.78 Å². The summed E-state index contributed by atoms with van der Waals surface area (Å²) in [5, 5.41) is 9.09. The lowest BCUT2D eigenvalue weighted by atomic mass is 9.46. The lowest BCUT2D eigenvalue weighted by Crippen LogP contribution is -2.63. The van der Waals surface area contributed by atoms with Gasteiger partial charge in [-0.05, 0) is 105 Å². The molecule has 1 heterocycles. The van der Waals surface area contributed by atoms with E-state index in [2.05, 4.69) is 24.0 Å². The van der Waals surface area contributed by atoms with Crippen LogP contribution in [0.4, 0.5) is 0 Å². The summed E-state index contributed by atoms with van der Waals surface area (Å²) in [5.41, 5.74) is 9.16. The summed E-state index contributed by atoms with van der Waals surface area (Å²) in [4.78, 5) is 15.1. The third-order valence-corrected chi connectivity index (χ3v) is 10.5. The topological polar surface area (TPSA) is 73.8 Å². The van der Waals surface area contributed by atoms with Crippen LogP contribution in [-0.4, -0.2) is 26.3 Å². The van der Waals surface area contributed by atoms with Crippen molar-refractivity contribution in [3.63, 3.8) is 0 Å². The normalized spacial score (nSPS) is 43.5. The number of hydrogen-bond donors (Lipinski definition) is 1. The zero-order valence-electron chi connectivity index (χ0n) is 19.7. The van der Waals surface area contributed by atoms with Crippen molar-refractivity contribution < 1.29 is 4.79 Å². The molecular formula is C27H38N4O. The van der Waals surface area contributed by atoms with Crippen molar-refractivity contribution in [3.8, 4) is 0 Å². The molecule has 2 aromatic rings. The molecular weight excluding hydrogens is 396 g/mol. The summed E-state index contributed by atoms with van der Waals surface area (Å²) in [5.74, 6) is 4.06. The van der Waals surface area contributed by atoms with Crippen molar-refractivity contribution in [1.82, 2.24) is 15.0 Å². The van der Waals surface area contributed by atoms with E-state index in [-0.39, 0.29) is 16.9 Å². The van der Waals surface area contributed by atoms with E-state index < -0.39 is 0 Å². The Labute approximate surface area is 191 Å². The molecule has 0 bridgehead atoms. The van der Waals surface area contributed by atoms with E-state index in [0.717, 1.165) is 35.7 Å². The van der Waals surface area contributed by atoms with Gasteiger partial charge in [0.25, 0.3) is 0 Å². The molecule has 0 spiro atoms. The predicted molar refractivity (Wildman–Crippen MR) is 126 cm³/mol. The molecule has 172 valence electrons. The van der Waals surface area contributed by atoms with Crippen LogP contribution in [0.2, 0.25) is 0 Å². The largest absolute Gasteiger partial charge is 0.325 e. The number of rotatable bonds is 3.